The van der Waals surface area contributed by atoms with Gasteiger partial charge in [0.1, 0.15) is 12.6 Å². The number of nitrogens with zero attached hydrogens (tertiary/aromatic N) is 2. The largest absolute Gasteiger partial charge is 0.352 e. The number of halogens is 3. The van der Waals surface area contributed by atoms with Gasteiger partial charge in [-0.05, 0) is 60.4 Å². The Morgan fingerprint density at radius 2 is 1.60 bits per heavy atom. The van der Waals surface area contributed by atoms with Gasteiger partial charge in [-0.1, -0.05) is 94.8 Å². The van der Waals surface area contributed by atoms with Crippen LogP contribution in [0.2, 0.25) is 10.0 Å². The highest BCUT2D eigenvalue weighted by molar-refractivity contribution is 9.10. The Balaban J connectivity index is 1.73. The van der Waals surface area contributed by atoms with Crippen molar-refractivity contribution in [1.82, 2.24) is 10.2 Å². The fourth-order valence-electron chi connectivity index (χ4n) is 5.15. The van der Waals surface area contributed by atoms with Crippen molar-refractivity contribution in [3.05, 3.63) is 98.4 Å². The van der Waals surface area contributed by atoms with E-state index in [1.807, 2.05) is 30.3 Å². The van der Waals surface area contributed by atoms with Crippen LogP contribution in [-0.2, 0) is 32.6 Å². The number of sulfonamides is 1. The number of carbonyl (C=O) groups excluding carboxylic acids is 2. The Morgan fingerprint density at radius 1 is 0.929 bits per heavy atom. The Labute approximate surface area is 266 Å². The summed E-state index contributed by atoms with van der Waals surface area (Å²) in [6.45, 7) is -0.451. The van der Waals surface area contributed by atoms with Crippen LogP contribution in [0.1, 0.15) is 43.2 Å². The number of carbonyl (C=O) groups is 2. The van der Waals surface area contributed by atoms with E-state index in [0.29, 0.717) is 21.3 Å². The van der Waals surface area contributed by atoms with E-state index in [9.17, 15) is 18.0 Å². The molecule has 7 nitrogen and oxygen atoms in total. The maximum Gasteiger partial charge on any atom is 0.244 e. The van der Waals surface area contributed by atoms with Gasteiger partial charge in [-0.3, -0.25) is 13.9 Å². The molecule has 0 aromatic heterocycles. The van der Waals surface area contributed by atoms with Crippen LogP contribution in [0.4, 0.5) is 5.69 Å². The summed E-state index contributed by atoms with van der Waals surface area (Å²) in [7, 11) is -3.84. The lowest BCUT2D eigenvalue weighted by molar-refractivity contribution is -0.140. The van der Waals surface area contributed by atoms with E-state index in [4.69, 9.17) is 23.2 Å². The van der Waals surface area contributed by atoms with E-state index in [0.717, 1.165) is 52.7 Å². The zero-order valence-corrected chi connectivity index (χ0v) is 27.2. The Bertz CT molecular complexity index is 1480. The summed E-state index contributed by atoms with van der Waals surface area (Å²) < 4.78 is 27.6. The molecule has 0 unspecified atom stereocenters. The van der Waals surface area contributed by atoms with Crippen molar-refractivity contribution >= 4 is 66.7 Å². The molecular weight excluding hydrogens is 661 g/mol. The minimum Gasteiger partial charge on any atom is -0.352 e. The van der Waals surface area contributed by atoms with E-state index in [1.54, 1.807) is 42.5 Å². The van der Waals surface area contributed by atoms with Gasteiger partial charge in [0.15, 0.2) is 0 Å². The molecule has 0 aliphatic heterocycles. The standard InChI is InChI=1S/C31H34BrCl2N3O4S/c1-42(40,41)37(26-15-13-24(32)14-16-26)21-30(38)36(20-23-12-17-27(33)28(34)18-23)29(19-22-8-4-2-5-9-22)31(39)35-25-10-6-3-7-11-25/h2,4-5,8-9,12-18,25,29H,3,6-7,10-11,19-21H2,1H3,(H,35,39)/t29-/m1/s1. The highest BCUT2D eigenvalue weighted by Gasteiger charge is 2.34. The summed E-state index contributed by atoms with van der Waals surface area (Å²) in [6, 6.07) is 20.3. The smallest absolute Gasteiger partial charge is 0.244 e. The topological polar surface area (TPSA) is 86.8 Å². The molecule has 4 rings (SSSR count). The molecule has 0 heterocycles. The van der Waals surface area contributed by atoms with Crippen molar-refractivity contribution in [2.24, 2.45) is 0 Å². The molecule has 224 valence electrons. The molecule has 1 aliphatic carbocycles. The highest BCUT2D eigenvalue weighted by atomic mass is 79.9. The quantitative estimate of drug-likeness (QED) is 0.245. The maximum atomic E-state index is 14.2. The monoisotopic (exact) mass is 693 g/mol. The molecule has 1 fully saturated rings. The number of benzene rings is 3. The summed E-state index contributed by atoms with van der Waals surface area (Å²) >= 11 is 15.8. The first-order valence-electron chi connectivity index (χ1n) is 13.8. The average Bonchev–Trinajstić information content (AvgIpc) is 2.96. The van der Waals surface area contributed by atoms with Crippen LogP contribution in [0.3, 0.4) is 0 Å². The summed E-state index contributed by atoms with van der Waals surface area (Å²) in [4.78, 5) is 29.6. The van der Waals surface area contributed by atoms with Crippen LogP contribution >= 0.6 is 39.1 Å². The second kappa shape index (κ2) is 14.7. The van der Waals surface area contributed by atoms with Crippen LogP contribution in [-0.4, -0.2) is 50.0 Å². The van der Waals surface area contributed by atoms with Gasteiger partial charge in [-0.2, -0.15) is 0 Å². The van der Waals surface area contributed by atoms with Crippen LogP contribution in [0.5, 0.6) is 0 Å². The Hall–Kier alpha value is -2.59. The second-order valence-electron chi connectivity index (χ2n) is 10.6. The molecule has 3 aromatic carbocycles. The fourth-order valence-corrected chi connectivity index (χ4v) is 6.59. The van der Waals surface area contributed by atoms with Crippen molar-refractivity contribution in [3.63, 3.8) is 0 Å². The summed E-state index contributed by atoms with van der Waals surface area (Å²) in [6.07, 6.45) is 6.30. The molecule has 1 aliphatic rings. The molecule has 0 bridgehead atoms. The van der Waals surface area contributed by atoms with Crippen LogP contribution in [0.15, 0.2) is 77.3 Å². The lowest BCUT2D eigenvalue weighted by Crippen LogP contribution is -2.55. The van der Waals surface area contributed by atoms with Gasteiger partial charge in [-0.25, -0.2) is 8.42 Å². The predicted octanol–water partition coefficient (Wildman–Crippen LogP) is 6.61. The van der Waals surface area contributed by atoms with Crippen LogP contribution in [0.25, 0.3) is 0 Å². The molecule has 0 radical (unpaired) electrons. The van der Waals surface area contributed by atoms with E-state index in [-0.39, 0.29) is 24.9 Å². The highest BCUT2D eigenvalue weighted by Crippen LogP contribution is 2.26. The maximum absolute atomic E-state index is 14.2. The fraction of sp³-hybridized carbons (Fsp3) is 0.355. The van der Waals surface area contributed by atoms with Crippen molar-refractivity contribution in [1.29, 1.82) is 0 Å². The van der Waals surface area contributed by atoms with E-state index < -0.39 is 28.5 Å². The first-order valence-corrected chi connectivity index (χ1v) is 17.2. The van der Waals surface area contributed by atoms with E-state index in [1.165, 1.54) is 4.90 Å². The molecular formula is C31H34BrCl2N3O4S. The molecule has 0 saturated heterocycles. The van der Waals surface area contributed by atoms with E-state index >= 15 is 0 Å². The van der Waals surface area contributed by atoms with Crippen molar-refractivity contribution in [2.75, 3.05) is 17.1 Å². The van der Waals surface area contributed by atoms with Gasteiger partial charge >= 0.3 is 0 Å². The first-order chi connectivity index (χ1) is 20.0. The molecule has 2 amide bonds. The number of rotatable bonds is 11. The van der Waals surface area contributed by atoms with Crippen LogP contribution < -0.4 is 9.62 Å². The Kier molecular flexibility index (Phi) is 11.3. The summed E-state index contributed by atoms with van der Waals surface area (Å²) in [5, 5.41) is 3.87. The second-order valence-corrected chi connectivity index (χ2v) is 14.2. The van der Waals surface area contributed by atoms with Gasteiger partial charge in [0, 0.05) is 23.5 Å². The number of hydrogen-bond donors (Lipinski definition) is 1. The van der Waals surface area contributed by atoms with Gasteiger partial charge < -0.3 is 10.2 Å². The predicted molar refractivity (Wildman–Crippen MR) is 172 cm³/mol. The number of nitrogens with one attached hydrogen (secondary N) is 1. The van der Waals surface area contributed by atoms with Crippen molar-refractivity contribution < 1.29 is 18.0 Å². The number of amides is 2. The zero-order valence-electron chi connectivity index (χ0n) is 23.3. The third-order valence-electron chi connectivity index (χ3n) is 7.35. The number of hydrogen-bond acceptors (Lipinski definition) is 4. The Morgan fingerprint density at radius 3 is 2.21 bits per heavy atom. The molecule has 1 atom stereocenters. The molecule has 3 aromatic rings. The minimum absolute atomic E-state index is 0.0294. The van der Waals surface area contributed by atoms with Crippen molar-refractivity contribution in [2.45, 2.75) is 57.2 Å². The van der Waals surface area contributed by atoms with Crippen LogP contribution in [0, 0.1) is 0 Å². The van der Waals surface area contributed by atoms with Gasteiger partial charge in [0.25, 0.3) is 0 Å². The third-order valence-corrected chi connectivity index (χ3v) is 9.76. The van der Waals surface area contributed by atoms with Gasteiger partial charge in [-0.15, -0.1) is 0 Å². The lowest BCUT2D eigenvalue weighted by Gasteiger charge is -2.35. The molecule has 11 heteroatoms. The lowest BCUT2D eigenvalue weighted by atomic mass is 9.94. The molecule has 1 saturated carbocycles. The number of anilines is 1. The first kappa shape index (κ1) is 32.3. The molecule has 0 spiro atoms. The zero-order chi connectivity index (χ0) is 30.3. The summed E-state index contributed by atoms with van der Waals surface area (Å²) in [5.41, 5.74) is 1.88. The molecule has 42 heavy (non-hydrogen) atoms. The normalized spacial score (nSPS) is 14.7. The molecule has 1 N–H and O–H groups in total. The van der Waals surface area contributed by atoms with E-state index in [2.05, 4.69) is 21.2 Å². The van der Waals surface area contributed by atoms with Gasteiger partial charge in [0.05, 0.1) is 22.0 Å². The van der Waals surface area contributed by atoms with Crippen molar-refractivity contribution in [3.8, 4) is 0 Å². The van der Waals surface area contributed by atoms with Gasteiger partial charge in [0.2, 0.25) is 21.8 Å². The summed E-state index contributed by atoms with van der Waals surface area (Å²) in [5.74, 6) is -0.789. The average molecular weight is 696 g/mol. The third kappa shape index (κ3) is 8.96. The SMILES string of the molecule is CS(=O)(=O)N(CC(=O)N(Cc1ccc(Cl)c(Cl)c1)[C@H](Cc1ccccc1)C(=O)NC1CCCCC1)c1ccc(Br)cc1. The minimum atomic E-state index is -3.84.